The number of hydrogen-bond acceptors (Lipinski definition) is 2. The molecule has 0 aliphatic heterocycles. The van der Waals surface area contributed by atoms with Crippen molar-refractivity contribution in [3.63, 3.8) is 0 Å². The third kappa shape index (κ3) is 3.44. The van der Waals surface area contributed by atoms with Crippen LogP contribution in [0.4, 0.5) is 0 Å². The smallest absolute Gasteiger partial charge is 0.0731 e. The summed E-state index contributed by atoms with van der Waals surface area (Å²) in [5.41, 5.74) is 2.74. The summed E-state index contributed by atoms with van der Waals surface area (Å²) in [5.74, 6) is 0. The molecule has 0 bridgehead atoms. The lowest BCUT2D eigenvalue weighted by Crippen LogP contribution is -2.15. The van der Waals surface area contributed by atoms with Crippen molar-refractivity contribution >= 4 is 27.3 Å². The summed E-state index contributed by atoms with van der Waals surface area (Å²) in [7, 11) is 2.04. The minimum absolute atomic E-state index is 0.445. The number of halogens is 1. The number of rotatable bonds is 5. The summed E-state index contributed by atoms with van der Waals surface area (Å²) in [6, 6.07) is 13.4. The fraction of sp³-hybridized carbons (Fsp3) is 0.333. The van der Waals surface area contributed by atoms with Crippen LogP contribution in [0.3, 0.4) is 0 Å². The average molecular weight is 324 g/mol. The zero-order valence-corrected chi connectivity index (χ0v) is 13.1. The Morgan fingerprint density at radius 2 is 2.00 bits per heavy atom. The molecule has 1 nitrogen and oxygen atoms in total. The molecular weight excluding hydrogens is 306 g/mol. The predicted octanol–water partition coefficient (Wildman–Crippen LogP) is 4.71. The molecule has 1 heterocycles. The van der Waals surface area contributed by atoms with E-state index < -0.39 is 0 Å². The number of nitrogens with one attached hydrogen (secondary N) is 1. The average Bonchev–Trinajstić information content (AvgIpc) is 2.71. The van der Waals surface area contributed by atoms with E-state index in [1.54, 1.807) is 0 Å². The van der Waals surface area contributed by atoms with E-state index in [9.17, 15) is 0 Å². The first-order chi connectivity index (χ1) is 8.70. The van der Waals surface area contributed by atoms with E-state index in [0.717, 1.165) is 12.8 Å². The third-order valence-corrected chi connectivity index (χ3v) is 5.38. The van der Waals surface area contributed by atoms with E-state index in [2.05, 4.69) is 64.6 Å². The lowest BCUT2D eigenvalue weighted by Gasteiger charge is -2.14. The van der Waals surface area contributed by atoms with Crippen LogP contribution >= 0.6 is 27.3 Å². The van der Waals surface area contributed by atoms with Gasteiger partial charge in [-0.1, -0.05) is 30.3 Å². The molecule has 1 unspecified atom stereocenters. The molecule has 1 N–H and O–H groups in total. The fourth-order valence-corrected chi connectivity index (χ4v) is 3.76. The Morgan fingerprint density at radius 3 is 2.56 bits per heavy atom. The molecule has 18 heavy (non-hydrogen) atoms. The van der Waals surface area contributed by atoms with Crippen molar-refractivity contribution in [3.05, 3.63) is 56.2 Å². The predicted molar refractivity (Wildman–Crippen MR) is 83.3 cm³/mol. The fourth-order valence-electron chi connectivity index (χ4n) is 2.04. The number of hydrogen-bond donors (Lipinski definition) is 1. The van der Waals surface area contributed by atoms with Crippen molar-refractivity contribution < 1.29 is 0 Å². The molecule has 0 saturated carbocycles. The van der Waals surface area contributed by atoms with Crippen LogP contribution in [0.25, 0.3) is 0 Å². The first-order valence-electron chi connectivity index (χ1n) is 6.17. The van der Waals surface area contributed by atoms with Crippen molar-refractivity contribution in [3.8, 4) is 0 Å². The zero-order valence-electron chi connectivity index (χ0n) is 10.7. The minimum Gasteiger partial charge on any atom is -0.312 e. The first-order valence-corrected chi connectivity index (χ1v) is 7.78. The first kappa shape index (κ1) is 13.8. The van der Waals surface area contributed by atoms with Crippen molar-refractivity contribution in [1.82, 2.24) is 5.32 Å². The topological polar surface area (TPSA) is 12.0 Å². The second-order valence-corrected chi connectivity index (χ2v) is 6.87. The molecule has 2 rings (SSSR count). The van der Waals surface area contributed by atoms with E-state index in [-0.39, 0.29) is 0 Å². The maximum absolute atomic E-state index is 3.60. The molecule has 2 aromatic rings. The Morgan fingerprint density at radius 1 is 1.28 bits per heavy atom. The molecule has 0 fully saturated rings. The van der Waals surface area contributed by atoms with Crippen LogP contribution in [-0.2, 0) is 6.42 Å². The van der Waals surface area contributed by atoms with Gasteiger partial charge in [-0.2, -0.15) is 0 Å². The Labute approximate surface area is 121 Å². The number of thiophene rings is 1. The molecule has 0 radical (unpaired) electrons. The molecule has 1 aromatic carbocycles. The second-order valence-electron chi connectivity index (χ2n) is 4.47. The monoisotopic (exact) mass is 323 g/mol. The van der Waals surface area contributed by atoms with Gasteiger partial charge in [-0.3, -0.25) is 0 Å². The normalized spacial score (nSPS) is 12.6. The molecule has 0 spiro atoms. The van der Waals surface area contributed by atoms with Gasteiger partial charge < -0.3 is 5.32 Å². The van der Waals surface area contributed by atoms with E-state index in [1.807, 2.05) is 18.4 Å². The van der Waals surface area contributed by atoms with Gasteiger partial charge in [-0.15, -0.1) is 11.3 Å². The largest absolute Gasteiger partial charge is 0.312 e. The van der Waals surface area contributed by atoms with E-state index in [1.165, 1.54) is 19.8 Å². The van der Waals surface area contributed by atoms with Crippen LogP contribution in [-0.4, -0.2) is 7.05 Å². The Hall–Kier alpha value is -0.640. The molecule has 0 amide bonds. The molecular formula is C15H18BrNS. The van der Waals surface area contributed by atoms with Gasteiger partial charge in [0.1, 0.15) is 0 Å². The molecule has 0 aliphatic rings. The lowest BCUT2D eigenvalue weighted by atomic mass is 10.0. The summed E-state index contributed by atoms with van der Waals surface area (Å²) in [4.78, 5) is 1.41. The quantitative estimate of drug-likeness (QED) is 0.840. The molecule has 0 aliphatic carbocycles. The highest BCUT2D eigenvalue weighted by Gasteiger charge is 2.13. The third-order valence-electron chi connectivity index (χ3n) is 3.13. The Kier molecular flexibility index (Phi) is 4.98. The van der Waals surface area contributed by atoms with Gasteiger partial charge in [0.15, 0.2) is 0 Å². The molecule has 1 atom stereocenters. The van der Waals surface area contributed by atoms with E-state index in [4.69, 9.17) is 0 Å². The van der Waals surface area contributed by atoms with Crippen LogP contribution < -0.4 is 5.32 Å². The van der Waals surface area contributed by atoms with Crippen LogP contribution in [0, 0.1) is 6.92 Å². The van der Waals surface area contributed by atoms with Crippen molar-refractivity contribution in [2.45, 2.75) is 25.8 Å². The Balaban J connectivity index is 2.02. The summed E-state index contributed by atoms with van der Waals surface area (Å²) >= 11 is 5.44. The highest BCUT2D eigenvalue weighted by atomic mass is 79.9. The molecule has 96 valence electrons. The molecule has 3 heteroatoms. The van der Waals surface area contributed by atoms with Gasteiger partial charge in [0.05, 0.1) is 3.79 Å². The summed E-state index contributed by atoms with van der Waals surface area (Å²) in [6.45, 7) is 2.15. The lowest BCUT2D eigenvalue weighted by molar-refractivity contribution is 0.558. The van der Waals surface area contributed by atoms with Crippen molar-refractivity contribution in [2.75, 3.05) is 7.05 Å². The van der Waals surface area contributed by atoms with E-state index >= 15 is 0 Å². The van der Waals surface area contributed by atoms with Gasteiger partial charge in [0.25, 0.3) is 0 Å². The van der Waals surface area contributed by atoms with Gasteiger partial charge in [0.2, 0.25) is 0 Å². The van der Waals surface area contributed by atoms with Crippen LogP contribution in [0.15, 0.2) is 40.2 Å². The summed E-state index contributed by atoms with van der Waals surface area (Å²) < 4.78 is 1.25. The van der Waals surface area contributed by atoms with Crippen molar-refractivity contribution in [1.29, 1.82) is 0 Å². The van der Waals surface area contributed by atoms with E-state index in [0.29, 0.717) is 6.04 Å². The summed E-state index contributed by atoms with van der Waals surface area (Å²) in [6.07, 6.45) is 2.24. The Bertz CT molecular complexity index is 473. The maximum atomic E-state index is 3.60. The van der Waals surface area contributed by atoms with Gasteiger partial charge in [0, 0.05) is 10.9 Å². The van der Waals surface area contributed by atoms with Gasteiger partial charge in [-0.25, -0.2) is 0 Å². The van der Waals surface area contributed by atoms with Gasteiger partial charge >= 0.3 is 0 Å². The maximum Gasteiger partial charge on any atom is 0.0731 e. The standard InChI is InChI=1S/C15H18BrNS/c1-11-10-14(18-15(11)16)13(17-2)9-8-12-6-4-3-5-7-12/h3-7,10,13,17H,8-9H2,1-2H3. The molecule has 1 aromatic heterocycles. The van der Waals surface area contributed by atoms with Crippen LogP contribution in [0.2, 0.25) is 0 Å². The number of aryl methyl sites for hydroxylation is 2. The van der Waals surface area contributed by atoms with Crippen LogP contribution in [0.1, 0.15) is 28.5 Å². The van der Waals surface area contributed by atoms with Crippen LogP contribution in [0.5, 0.6) is 0 Å². The zero-order chi connectivity index (χ0) is 13.0. The summed E-state index contributed by atoms with van der Waals surface area (Å²) in [5, 5.41) is 3.42. The SMILES string of the molecule is CNC(CCc1ccccc1)c1cc(C)c(Br)s1. The highest BCUT2D eigenvalue weighted by molar-refractivity contribution is 9.11. The van der Waals surface area contributed by atoms with Gasteiger partial charge in [-0.05, 0) is 59.9 Å². The number of benzene rings is 1. The minimum atomic E-state index is 0.445. The second kappa shape index (κ2) is 6.50. The molecule has 0 saturated heterocycles. The highest BCUT2D eigenvalue weighted by Crippen LogP contribution is 2.33. The van der Waals surface area contributed by atoms with Crippen molar-refractivity contribution in [2.24, 2.45) is 0 Å².